The molecule has 0 amide bonds. The van der Waals surface area contributed by atoms with Gasteiger partial charge in [-0.3, -0.25) is 4.98 Å². The van der Waals surface area contributed by atoms with Gasteiger partial charge in [0.15, 0.2) is 0 Å². The molecule has 0 aliphatic heterocycles. The predicted octanol–water partition coefficient (Wildman–Crippen LogP) is 2.92. The third-order valence-electron chi connectivity index (χ3n) is 3.08. The molecular formula is C15H14FNO. The zero-order chi connectivity index (χ0) is 13.0. The molecule has 3 heteroatoms. The zero-order valence-electron chi connectivity index (χ0n) is 10.1. The Hall–Kier alpha value is -2.03. The van der Waals surface area contributed by atoms with Crippen molar-refractivity contribution >= 4 is 6.29 Å². The van der Waals surface area contributed by atoms with Gasteiger partial charge in [-0.05, 0) is 48.7 Å². The van der Waals surface area contributed by atoms with Crippen molar-refractivity contribution < 1.29 is 9.18 Å². The largest absolute Gasteiger partial charge is 0.302 e. The van der Waals surface area contributed by atoms with Gasteiger partial charge in [0.1, 0.15) is 12.1 Å². The molecule has 0 radical (unpaired) electrons. The molecular weight excluding hydrogens is 229 g/mol. The molecule has 1 atom stereocenters. The van der Waals surface area contributed by atoms with Crippen LogP contribution in [0, 0.1) is 5.82 Å². The van der Waals surface area contributed by atoms with Crippen molar-refractivity contribution in [2.45, 2.75) is 18.8 Å². The molecule has 0 spiro atoms. The minimum absolute atomic E-state index is 0.295. The van der Waals surface area contributed by atoms with Crippen molar-refractivity contribution in [2.75, 3.05) is 0 Å². The SMILES string of the molecule is CC(C=O)(Cc1ccncc1)c1ccc(F)cc1. The highest BCUT2D eigenvalue weighted by atomic mass is 19.1. The number of rotatable bonds is 4. The Balaban J connectivity index is 2.30. The number of aromatic nitrogens is 1. The number of benzene rings is 1. The third kappa shape index (κ3) is 2.62. The van der Waals surface area contributed by atoms with Gasteiger partial charge in [0, 0.05) is 12.4 Å². The van der Waals surface area contributed by atoms with E-state index in [9.17, 15) is 9.18 Å². The van der Waals surface area contributed by atoms with E-state index >= 15 is 0 Å². The average Bonchev–Trinajstić information content (AvgIpc) is 2.40. The van der Waals surface area contributed by atoms with Crippen LogP contribution in [0.1, 0.15) is 18.1 Å². The van der Waals surface area contributed by atoms with Crippen LogP contribution in [0.3, 0.4) is 0 Å². The summed E-state index contributed by atoms with van der Waals surface area (Å²) in [6.45, 7) is 1.85. The maximum Gasteiger partial charge on any atom is 0.130 e. The molecule has 0 aliphatic rings. The Morgan fingerprint density at radius 2 is 1.78 bits per heavy atom. The summed E-state index contributed by atoms with van der Waals surface area (Å²) in [5.74, 6) is -0.295. The number of carbonyl (C=O) groups excluding carboxylic acids is 1. The van der Waals surface area contributed by atoms with Gasteiger partial charge in [0.05, 0.1) is 5.41 Å². The summed E-state index contributed by atoms with van der Waals surface area (Å²) in [5.41, 5.74) is 1.20. The first-order valence-corrected chi connectivity index (χ1v) is 5.75. The third-order valence-corrected chi connectivity index (χ3v) is 3.08. The van der Waals surface area contributed by atoms with Gasteiger partial charge < -0.3 is 4.79 Å². The molecule has 2 rings (SSSR count). The van der Waals surface area contributed by atoms with Crippen molar-refractivity contribution in [3.05, 3.63) is 65.7 Å². The van der Waals surface area contributed by atoms with Crippen LogP contribution in [-0.4, -0.2) is 11.3 Å². The molecule has 2 nitrogen and oxygen atoms in total. The monoisotopic (exact) mass is 243 g/mol. The topological polar surface area (TPSA) is 30.0 Å². The summed E-state index contributed by atoms with van der Waals surface area (Å²) in [6, 6.07) is 9.83. The predicted molar refractivity (Wildman–Crippen MR) is 67.8 cm³/mol. The minimum Gasteiger partial charge on any atom is -0.302 e. The summed E-state index contributed by atoms with van der Waals surface area (Å²) < 4.78 is 12.9. The van der Waals surface area contributed by atoms with E-state index in [1.54, 1.807) is 24.5 Å². The maximum absolute atomic E-state index is 12.9. The van der Waals surface area contributed by atoms with Crippen LogP contribution in [0.5, 0.6) is 0 Å². The Labute approximate surface area is 105 Å². The molecule has 1 unspecified atom stereocenters. The lowest BCUT2D eigenvalue weighted by atomic mass is 9.79. The normalized spacial score (nSPS) is 13.9. The second kappa shape index (κ2) is 5.08. The molecule has 0 bridgehead atoms. The van der Waals surface area contributed by atoms with Crippen molar-refractivity contribution in [1.29, 1.82) is 0 Å². The van der Waals surface area contributed by atoms with Crippen molar-refractivity contribution in [1.82, 2.24) is 4.98 Å². The van der Waals surface area contributed by atoms with Gasteiger partial charge in [-0.25, -0.2) is 4.39 Å². The minimum atomic E-state index is -0.644. The fourth-order valence-corrected chi connectivity index (χ4v) is 1.97. The number of carbonyl (C=O) groups is 1. The lowest BCUT2D eigenvalue weighted by Gasteiger charge is -2.23. The fourth-order valence-electron chi connectivity index (χ4n) is 1.97. The Kier molecular flexibility index (Phi) is 3.51. The van der Waals surface area contributed by atoms with Crippen molar-refractivity contribution in [3.8, 4) is 0 Å². The number of halogens is 1. The Morgan fingerprint density at radius 1 is 1.17 bits per heavy atom. The van der Waals surface area contributed by atoms with Gasteiger partial charge in [-0.15, -0.1) is 0 Å². The Bertz CT molecular complexity index is 524. The molecule has 0 aliphatic carbocycles. The second-order valence-electron chi connectivity index (χ2n) is 4.57. The molecule has 0 saturated heterocycles. The highest BCUT2D eigenvalue weighted by Gasteiger charge is 2.26. The maximum atomic E-state index is 12.9. The van der Waals surface area contributed by atoms with E-state index < -0.39 is 5.41 Å². The van der Waals surface area contributed by atoms with E-state index in [2.05, 4.69) is 4.98 Å². The van der Waals surface area contributed by atoms with E-state index in [0.29, 0.717) is 6.42 Å². The molecule has 0 saturated carbocycles. The van der Waals surface area contributed by atoms with E-state index in [0.717, 1.165) is 17.4 Å². The number of hydrogen-bond donors (Lipinski definition) is 0. The summed E-state index contributed by atoms with van der Waals surface area (Å²) in [6.07, 6.45) is 4.89. The van der Waals surface area contributed by atoms with Crippen LogP contribution >= 0.6 is 0 Å². The number of aldehydes is 1. The highest BCUT2D eigenvalue weighted by Crippen LogP contribution is 2.26. The first kappa shape index (κ1) is 12.4. The number of hydrogen-bond acceptors (Lipinski definition) is 2. The van der Waals surface area contributed by atoms with Gasteiger partial charge >= 0.3 is 0 Å². The van der Waals surface area contributed by atoms with Gasteiger partial charge in [0.25, 0.3) is 0 Å². The van der Waals surface area contributed by atoms with Crippen LogP contribution in [0.4, 0.5) is 4.39 Å². The summed E-state index contributed by atoms with van der Waals surface area (Å²) in [4.78, 5) is 15.4. The molecule has 1 aromatic carbocycles. The molecule has 92 valence electrons. The van der Waals surface area contributed by atoms with Crippen LogP contribution in [-0.2, 0) is 16.6 Å². The van der Waals surface area contributed by atoms with Gasteiger partial charge in [-0.2, -0.15) is 0 Å². The van der Waals surface area contributed by atoms with Gasteiger partial charge in [-0.1, -0.05) is 12.1 Å². The number of pyridine rings is 1. The summed E-state index contributed by atoms with van der Waals surface area (Å²) in [7, 11) is 0. The van der Waals surface area contributed by atoms with Crippen LogP contribution in [0.25, 0.3) is 0 Å². The highest BCUT2D eigenvalue weighted by molar-refractivity contribution is 5.68. The lowest BCUT2D eigenvalue weighted by molar-refractivity contribution is -0.112. The standard InChI is InChI=1S/C15H14FNO/c1-15(11-18,10-12-6-8-17-9-7-12)13-2-4-14(16)5-3-13/h2-9,11H,10H2,1H3. The lowest BCUT2D eigenvalue weighted by Crippen LogP contribution is -2.26. The van der Waals surface area contributed by atoms with E-state index in [4.69, 9.17) is 0 Å². The molecule has 1 aromatic heterocycles. The van der Waals surface area contributed by atoms with Crippen molar-refractivity contribution in [3.63, 3.8) is 0 Å². The quantitative estimate of drug-likeness (QED) is 0.773. The molecule has 0 fully saturated rings. The second-order valence-corrected chi connectivity index (χ2v) is 4.57. The first-order chi connectivity index (χ1) is 8.64. The van der Waals surface area contributed by atoms with E-state index in [1.165, 1.54) is 12.1 Å². The number of nitrogens with zero attached hydrogens (tertiary/aromatic N) is 1. The smallest absolute Gasteiger partial charge is 0.130 e. The first-order valence-electron chi connectivity index (χ1n) is 5.75. The van der Waals surface area contributed by atoms with Gasteiger partial charge in [0.2, 0.25) is 0 Å². The van der Waals surface area contributed by atoms with Crippen molar-refractivity contribution in [2.24, 2.45) is 0 Å². The fraction of sp³-hybridized carbons (Fsp3) is 0.200. The van der Waals surface area contributed by atoms with Crippen LogP contribution in [0.2, 0.25) is 0 Å². The van der Waals surface area contributed by atoms with Crippen LogP contribution in [0.15, 0.2) is 48.8 Å². The summed E-state index contributed by atoms with van der Waals surface area (Å²) in [5, 5.41) is 0. The Morgan fingerprint density at radius 3 is 2.33 bits per heavy atom. The molecule has 1 heterocycles. The average molecular weight is 243 g/mol. The van der Waals surface area contributed by atoms with Crippen LogP contribution < -0.4 is 0 Å². The molecule has 0 N–H and O–H groups in total. The van der Waals surface area contributed by atoms with E-state index in [1.807, 2.05) is 19.1 Å². The summed E-state index contributed by atoms with van der Waals surface area (Å²) >= 11 is 0. The van der Waals surface area contributed by atoms with E-state index in [-0.39, 0.29) is 5.82 Å². The molecule has 2 aromatic rings. The molecule has 18 heavy (non-hydrogen) atoms. The zero-order valence-corrected chi connectivity index (χ0v) is 10.1.